The van der Waals surface area contributed by atoms with Crippen molar-refractivity contribution in [1.82, 2.24) is 0 Å². The Morgan fingerprint density at radius 2 is 1.15 bits per heavy atom. The van der Waals surface area contributed by atoms with E-state index < -0.39 is 0 Å². The highest BCUT2D eigenvalue weighted by molar-refractivity contribution is 5.84. The Morgan fingerprint density at radius 3 is 1.50 bits per heavy atom. The van der Waals surface area contributed by atoms with Crippen molar-refractivity contribution in [3.8, 4) is 0 Å². The Morgan fingerprint density at radius 1 is 0.750 bits per heavy atom. The molecular weight excluding hydrogens is 244 g/mol. The summed E-state index contributed by atoms with van der Waals surface area (Å²) in [6.07, 6.45) is 9.94. The van der Waals surface area contributed by atoms with Gasteiger partial charge in [0.05, 0.1) is 0 Å². The van der Waals surface area contributed by atoms with Crippen LogP contribution in [0.1, 0.15) is 79.1 Å². The SMILES string of the molecule is CCC(CC)=NCC1CCCC(CN=C(CC)CC)C1. The van der Waals surface area contributed by atoms with E-state index >= 15 is 0 Å². The van der Waals surface area contributed by atoms with Crippen LogP contribution in [-0.2, 0) is 0 Å². The van der Waals surface area contributed by atoms with Crippen molar-refractivity contribution in [2.45, 2.75) is 79.1 Å². The number of hydrogen-bond acceptors (Lipinski definition) is 2. The molecule has 0 aliphatic heterocycles. The highest BCUT2D eigenvalue weighted by Gasteiger charge is 2.21. The molecule has 0 radical (unpaired) electrons. The molecular formula is C18H34N2. The zero-order valence-electron chi connectivity index (χ0n) is 14.1. The van der Waals surface area contributed by atoms with Crippen molar-refractivity contribution in [2.24, 2.45) is 21.8 Å². The van der Waals surface area contributed by atoms with Gasteiger partial charge >= 0.3 is 0 Å². The van der Waals surface area contributed by atoms with Gasteiger partial charge in [-0.3, -0.25) is 9.98 Å². The molecule has 2 atom stereocenters. The molecule has 1 aliphatic carbocycles. The third-order valence-corrected chi connectivity index (χ3v) is 4.67. The zero-order valence-corrected chi connectivity index (χ0v) is 14.1. The van der Waals surface area contributed by atoms with E-state index in [0.29, 0.717) is 0 Å². The zero-order chi connectivity index (χ0) is 14.8. The van der Waals surface area contributed by atoms with Gasteiger partial charge in [0.2, 0.25) is 0 Å². The number of rotatable bonds is 8. The van der Waals surface area contributed by atoms with Gasteiger partial charge in [-0.25, -0.2) is 0 Å². The molecule has 0 aromatic rings. The van der Waals surface area contributed by atoms with Crippen LogP contribution < -0.4 is 0 Å². The molecule has 1 fully saturated rings. The molecule has 1 aliphatic rings. The number of hydrogen-bond donors (Lipinski definition) is 0. The lowest BCUT2D eigenvalue weighted by atomic mass is 9.81. The molecule has 0 amide bonds. The Hall–Kier alpha value is -0.660. The maximum absolute atomic E-state index is 4.83. The summed E-state index contributed by atoms with van der Waals surface area (Å²) in [5, 5.41) is 0. The predicted molar refractivity (Wildman–Crippen MR) is 91.2 cm³/mol. The summed E-state index contributed by atoms with van der Waals surface area (Å²) < 4.78 is 0. The highest BCUT2D eigenvalue weighted by Crippen LogP contribution is 2.29. The molecule has 0 saturated heterocycles. The maximum Gasteiger partial charge on any atom is 0.0417 e. The fourth-order valence-corrected chi connectivity index (χ4v) is 3.20. The highest BCUT2D eigenvalue weighted by atomic mass is 14.8. The second-order valence-electron chi connectivity index (χ2n) is 6.13. The van der Waals surface area contributed by atoms with Gasteiger partial charge in [-0.2, -0.15) is 0 Å². The maximum atomic E-state index is 4.83. The van der Waals surface area contributed by atoms with Gasteiger partial charge in [0.25, 0.3) is 0 Å². The normalized spacial score (nSPS) is 22.4. The Kier molecular flexibility index (Phi) is 8.80. The Bertz CT molecular complexity index is 275. The summed E-state index contributed by atoms with van der Waals surface area (Å²) in [6.45, 7) is 11.0. The first-order valence-corrected chi connectivity index (χ1v) is 8.77. The van der Waals surface area contributed by atoms with Crippen LogP contribution in [0.25, 0.3) is 0 Å². The molecule has 2 nitrogen and oxygen atoms in total. The third kappa shape index (κ3) is 6.19. The molecule has 1 rings (SSSR count). The first kappa shape index (κ1) is 17.4. The van der Waals surface area contributed by atoms with Crippen LogP contribution in [0, 0.1) is 11.8 Å². The predicted octanol–water partition coefficient (Wildman–Crippen LogP) is 5.31. The molecule has 0 spiro atoms. The van der Waals surface area contributed by atoms with Crippen molar-refractivity contribution in [3.63, 3.8) is 0 Å². The van der Waals surface area contributed by atoms with Gasteiger partial charge in [-0.05, 0) is 56.8 Å². The van der Waals surface area contributed by atoms with Crippen LogP contribution in [0.4, 0.5) is 0 Å². The number of nitrogens with zero attached hydrogens (tertiary/aromatic N) is 2. The van der Waals surface area contributed by atoms with E-state index in [1.807, 2.05) is 0 Å². The van der Waals surface area contributed by atoms with Gasteiger partial charge in [0.1, 0.15) is 0 Å². The van der Waals surface area contributed by atoms with Gasteiger partial charge in [-0.1, -0.05) is 34.1 Å². The van der Waals surface area contributed by atoms with E-state index in [2.05, 4.69) is 27.7 Å². The van der Waals surface area contributed by atoms with Crippen LogP contribution in [0.3, 0.4) is 0 Å². The Balaban J connectivity index is 2.42. The lowest BCUT2D eigenvalue weighted by Gasteiger charge is -2.27. The minimum absolute atomic E-state index is 0.809. The summed E-state index contributed by atoms with van der Waals surface area (Å²) in [5.41, 5.74) is 2.79. The second-order valence-corrected chi connectivity index (χ2v) is 6.13. The standard InChI is InChI=1S/C18H34N2/c1-5-17(6-2)19-13-15-10-9-11-16(12-15)14-20-18(7-3)8-4/h15-16H,5-14H2,1-4H3. The van der Waals surface area contributed by atoms with Crippen LogP contribution in [-0.4, -0.2) is 24.5 Å². The van der Waals surface area contributed by atoms with Crippen LogP contribution in [0.2, 0.25) is 0 Å². The summed E-state index contributed by atoms with van der Waals surface area (Å²) >= 11 is 0. The van der Waals surface area contributed by atoms with E-state index in [1.165, 1.54) is 37.1 Å². The second kappa shape index (κ2) is 10.1. The lowest BCUT2D eigenvalue weighted by molar-refractivity contribution is 0.278. The van der Waals surface area contributed by atoms with Crippen LogP contribution in [0.5, 0.6) is 0 Å². The minimum Gasteiger partial charge on any atom is -0.294 e. The van der Waals surface area contributed by atoms with Gasteiger partial charge < -0.3 is 0 Å². The molecule has 0 heterocycles. The number of aliphatic imine (C=N–C) groups is 2. The fraction of sp³-hybridized carbons (Fsp3) is 0.889. The largest absolute Gasteiger partial charge is 0.294 e. The van der Waals surface area contributed by atoms with Crippen molar-refractivity contribution in [2.75, 3.05) is 13.1 Å². The van der Waals surface area contributed by atoms with E-state index in [0.717, 1.165) is 50.6 Å². The average Bonchev–Trinajstić information content (AvgIpc) is 2.50. The lowest BCUT2D eigenvalue weighted by Crippen LogP contribution is -2.20. The topological polar surface area (TPSA) is 24.7 Å². The summed E-state index contributed by atoms with van der Waals surface area (Å²) in [4.78, 5) is 9.65. The van der Waals surface area contributed by atoms with Crippen LogP contribution in [0.15, 0.2) is 9.98 Å². The average molecular weight is 278 g/mol. The van der Waals surface area contributed by atoms with E-state index in [9.17, 15) is 0 Å². The fourth-order valence-electron chi connectivity index (χ4n) is 3.20. The first-order valence-electron chi connectivity index (χ1n) is 8.77. The molecule has 0 aromatic carbocycles. The van der Waals surface area contributed by atoms with E-state index in [-0.39, 0.29) is 0 Å². The third-order valence-electron chi connectivity index (χ3n) is 4.67. The molecule has 0 aromatic heterocycles. The molecule has 1 saturated carbocycles. The summed E-state index contributed by atoms with van der Waals surface area (Å²) in [7, 11) is 0. The monoisotopic (exact) mass is 278 g/mol. The summed E-state index contributed by atoms with van der Waals surface area (Å²) in [5.74, 6) is 1.62. The van der Waals surface area contributed by atoms with Gasteiger partial charge in [0, 0.05) is 24.5 Å². The van der Waals surface area contributed by atoms with Gasteiger partial charge in [-0.15, -0.1) is 0 Å². The van der Waals surface area contributed by atoms with Crippen molar-refractivity contribution < 1.29 is 0 Å². The van der Waals surface area contributed by atoms with Crippen molar-refractivity contribution >= 4 is 11.4 Å². The molecule has 2 heteroatoms. The molecule has 0 bridgehead atoms. The first-order chi connectivity index (χ1) is 9.73. The van der Waals surface area contributed by atoms with Crippen molar-refractivity contribution in [1.29, 1.82) is 0 Å². The van der Waals surface area contributed by atoms with Crippen molar-refractivity contribution in [3.05, 3.63) is 0 Å². The molecule has 2 unspecified atom stereocenters. The van der Waals surface area contributed by atoms with E-state index in [1.54, 1.807) is 0 Å². The van der Waals surface area contributed by atoms with Crippen LogP contribution >= 0.6 is 0 Å². The quantitative estimate of drug-likeness (QED) is 0.537. The minimum atomic E-state index is 0.809. The van der Waals surface area contributed by atoms with Gasteiger partial charge in [0.15, 0.2) is 0 Å². The van der Waals surface area contributed by atoms with E-state index in [4.69, 9.17) is 9.98 Å². The smallest absolute Gasteiger partial charge is 0.0417 e. The summed E-state index contributed by atoms with van der Waals surface area (Å²) in [6, 6.07) is 0. The molecule has 20 heavy (non-hydrogen) atoms. The molecule has 0 N–H and O–H groups in total. The Labute approximate surface area is 126 Å². The molecule has 116 valence electrons.